The van der Waals surface area contributed by atoms with E-state index in [1.165, 1.54) is 23.6 Å². The van der Waals surface area contributed by atoms with Crippen molar-refractivity contribution in [3.05, 3.63) is 16.7 Å². The summed E-state index contributed by atoms with van der Waals surface area (Å²) >= 11 is 5.20. The van der Waals surface area contributed by atoms with Gasteiger partial charge in [0.2, 0.25) is 5.95 Å². The number of nitrogens with two attached hydrogens (primary N) is 2. The molecule has 0 radical (unpaired) electrons. The van der Waals surface area contributed by atoms with E-state index in [-0.39, 0.29) is 41.7 Å². The standard InChI is InChI=1S/C22H28FN10O8PS2/c23-21(1-2-34)5-44-19(33-8-29-10-16(33)30-20(25)31-17(10)36)13(21)41-42(37,43)39-4-22-3-38-11(12(22)35)18(40-22)32-7-28-9-14(24)26-6-27-15(9)32/h6-9,11-13,15,18-19,34-35H,1-5H2,(H,37,43)(H2,24,26,27)(H3,25,30,31,36)/t9?,11-,12+,13+,15?,18-,19-,21+,22-,42?/m1/s1. The molecule has 3 fully saturated rings. The molecule has 2 bridgehead atoms. The highest BCUT2D eigenvalue weighted by Gasteiger charge is 2.64. The number of fused-ring (bicyclic) bond motifs is 4. The zero-order valence-electron chi connectivity index (χ0n) is 22.6. The fourth-order valence-electron chi connectivity index (χ4n) is 5.98. The smallest absolute Gasteiger partial charge is 0.386 e. The van der Waals surface area contributed by atoms with E-state index in [2.05, 4.69) is 42.2 Å². The highest BCUT2D eigenvalue weighted by Crippen LogP contribution is 2.61. The Bertz CT molecular complexity index is 1680. The number of hydrogen-bond donors (Lipinski definition) is 6. The zero-order valence-corrected chi connectivity index (χ0v) is 25.2. The fourth-order valence-corrected chi connectivity index (χ4v) is 9.12. The van der Waals surface area contributed by atoms with E-state index >= 15 is 4.39 Å². The summed E-state index contributed by atoms with van der Waals surface area (Å²) in [6, 6.07) is -0.520. The van der Waals surface area contributed by atoms with Gasteiger partial charge in [-0.1, -0.05) is 12.2 Å². The van der Waals surface area contributed by atoms with Crippen molar-refractivity contribution in [3.63, 3.8) is 0 Å². The fraction of sp³-hybridized carbons (Fsp3) is 0.636. The van der Waals surface area contributed by atoms with Gasteiger partial charge in [-0.15, -0.1) is 11.8 Å². The average molecular weight is 675 g/mol. The van der Waals surface area contributed by atoms with E-state index in [4.69, 9.17) is 30.0 Å². The molecule has 22 heteroatoms. The van der Waals surface area contributed by atoms with Gasteiger partial charge in [0.05, 0.1) is 25.9 Å². The number of anilines is 1. The number of alkyl halides is 1. The monoisotopic (exact) mass is 674 g/mol. The second kappa shape index (κ2) is 10.7. The number of thiol groups is 1. The van der Waals surface area contributed by atoms with Crippen LogP contribution in [-0.2, 0) is 23.1 Å². The van der Waals surface area contributed by atoms with Crippen molar-refractivity contribution in [1.82, 2.24) is 24.4 Å². The summed E-state index contributed by atoms with van der Waals surface area (Å²) < 4.78 is 54.7. The molecule has 238 valence electrons. The Morgan fingerprint density at radius 2 is 2.18 bits per heavy atom. The highest BCUT2D eigenvalue weighted by atomic mass is 32.7. The largest absolute Gasteiger partial charge is 0.396 e. The molecule has 18 nitrogen and oxygen atoms in total. The minimum absolute atomic E-state index is 0.0394. The van der Waals surface area contributed by atoms with Crippen LogP contribution in [0.25, 0.3) is 11.2 Å². The van der Waals surface area contributed by atoms with Crippen molar-refractivity contribution in [3.8, 4) is 0 Å². The average Bonchev–Trinajstić information content (AvgIpc) is 3.77. The molecular formula is C22H28FN10O8PS2. The lowest BCUT2D eigenvalue weighted by Gasteiger charge is -2.37. The van der Waals surface area contributed by atoms with E-state index in [0.717, 1.165) is 11.8 Å². The van der Waals surface area contributed by atoms with E-state index < -0.39 is 79.0 Å². The molecule has 5 aliphatic heterocycles. The Morgan fingerprint density at radius 1 is 1.36 bits per heavy atom. The van der Waals surface area contributed by atoms with Crippen LogP contribution in [0.3, 0.4) is 0 Å². The topological polar surface area (TPSA) is 250 Å². The molecule has 7 rings (SSSR count). The summed E-state index contributed by atoms with van der Waals surface area (Å²) in [5, 5.41) is 19.8. The van der Waals surface area contributed by atoms with E-state index in [1.807, 2.05) is 0 Å². The third-order valence-electron chi connectivity index (χ3n) is 8.21. The number of aliphatic hydroxyl groups excluding tert-OH is 2. The Labute approximate surface area is 256 Å². The molecule has 0 saturated carbocycles. The molecule has 10 atom stereocenters. The van der Waals surface area contributed by atoms with Crippen LogP contribution in [0.15, 0.2) is 26.1 Å². The highest BCUT2D eigenvalue weighted by molar-refractivity contribution is 8.44. The maximum atomic E-state index is 16.3. The van der Waals surface area contributed by atoms with Crippen molar-refractivity contribution in [2.24, 2.45) is 20.7 Å². The molecule has 5 aliphatic rings. The van der Waals surface area contributed by atoms with Crippen LogP contribution >= 0.6 is 30.8 Å². The number of ether oxygens (including phenoxy) is 2. The first-order chi connectivity index (χ1) is 21.0. The van der Waals surface area contributed by atoms with Crippen LogP contribution in [0.4, 0.5) is 10.3 Å². The molecule has 2 aromatic heterocycles. The third kappa shape index (κ3) is 4.76. The second-order valence-electron chi connectivity index (χ2n) is 10.9. The van der Waals surface area contributed by atoms with Crippen molar-refractivity contribution < 1.29 is 37.7 Å². The number of H-pyrrole nitrogens is 1. The summed E-state index contributed by atoms with van der Waals surface area (Å²) in [6.07, 6.45) is -1.16. The third-order valence-corrected chi connectivity index (χ3v) is 11.3. The number of amidine groups is 1. The molecule has 2 aromatic rings. The van der Waals surface area contributed by atoms with E-state index in [9.17, 15) is 19.6 Å². The number of nitrogens with zero attached hydrogens (tertiary/aromatic N) is 7. The molecule has 0 aromatic carbocycles. The van der Waals surface area contributed by atoms with Crippen LogP contribution in [0.1, 0.15) is 11.8 Å². The minimum Gasteiger partial charge on any atom is -0.396 e. The molecule has 44 heavy (non-hydrogen) atoms. The van der Waals surface area contributed by atoms with Gasteiger partial charge in [0.1, 0.15) is 47.5 Å². The van der Waals surface area contributed by atoms with Gasteiger partial charge in [-0.3, -0.25) is 28.4 Å². The lowest BCUT2D eigenvalue weighted by Crippen LogP contribution is -2.53. The SMILES string of the molecule is NC1=NC=NC2C1N=CN2[C@@H]1O[C@@]2(COP(=O)(S)O[C@H]3[C@H](n4cnc5c(=O)[nH]c(N)nc54)SC[C@@]3(F)CCO)CO[C@@H]1[C@@H]2O. The van der Waals surface area contributed by atoms with Gasteiger partial charge >= 0.3 is 6.80 Å². The van der Waals surface area contributed by atoms with Crippen molar-refractivity contribution in [2.75, 3.05) is 31.3 Å². The summed E-state index contributed by atoms with van der Waals surface area (Å²) in [6.45, 7) is -5.50. The number of rotatable bonds is 9. The van der Waals surface area contributed by atoms with Crippen molar-refractivity contribution in [2.45, 2.75) is 59.8 Å². The maximum absolute atomic E-state index is 16.3. The van der Waals surface area contributed by atoms with Crippen LogP contribution < -0.4 is 17.0 Å². The van der Waals surface area contributed by atoms with Crippen molar-refractivity contribution in [1.29, 1.82) is 0 Å². The first kappa shape index (κ1) is 30.1. The van der Waals surface area contributed by atoms with Crippen LogP contribution in [-0.4, -0.2) is 127 Å². The maximum Gasteiger partial charge on any atom is 0.386 e. The summed E-state index contributed by atoms with van der Waals surface area (Å²) in [7, 11) is 0. The molecule has 0 amide bonds. The number of aliphatic imine (C=N–C) groups is 3. The number of nitrogen functional groups attached to an aromatic ring is 1. The van der Waals surface area contributed by atoms with E-state index in [1.54, 1.807) is 4.90 Å². The molecule has 7 N–H and O–H groups in total. The number of nitrogens with one attached hydrogen (secondary N) is 1. The van der Waals surface area contributed by atoms with Crippen molar-refractivity contribution >= 4 is 66.4 Å². The normalized spacial score (nSPS) is 38.9. The quantitative estimate of drug-likeness (QED) is 0.135. The Hall–Kier alpha value is -2.62. The number of aromatic nitrogens is 4. The first-order valence-corrected chi connectivity index (χ1v) is 17.1. The van der Waals surface area contributed by atoms with Gasteiger partial charge in [0.15, 0.2) is 29.2 Å². The summed E-state index contributed by atoms with van der Waals surface area (Å²) in [4.78, 5) is 37.1. The summed E-state index contributed by atoms with van der Waals surface area (Å²) in [5.41, 5.74) is 7.44. The predicted octanol–water partition coefficient (Wildman–Crippen LogP) is -1.23. The number of imidazole rings is 1. The number of halogens is 1. The molecule has 7 heterocycles. The Kier molecular flexibility index (Phi) is 7.33. The number of hydrogen-bond acceptors (Lipinski definition) is 17. The molecular weight excluding hydrogens is 646 g/mol. The van der Waals surface area contributed by atoms with Gasteiger partial charge in [0, 0.05) is 18.8 Å². The van der Waals surface area contributed by atoms with Gasteiger partial charge in [-0.05, 0) is 0 Å². The van der Waals surface area contributed by atoms with Crippen LogP contribution in [0.2, 0.25) is 0 Å². The first-order valence-electron chi connectivity index (χ1n) is 13.4. The zero-order chi connectivity index (χ0) is 31.0. The molecule has 0 spiro atoms. The van der Waals surface area contributed by atoms with Crippen LogP contribution in [0.5, 0.6) is 0 Å². The number of aromatic amines is 1. The molecule has 0 aliphatic carbocycles. The Morgan fingerprint density at radius 3 is 2.98 bits per heavy atom. The predicted molar refractivity (Wildman–Crippen MR) is 158 cm³/mol. The minimum atomic E-state index is -4.39. The number of aliphatic hydroxyl groups is 2. The van der Waals surface area contributed by atoms with Gasteiger partial charge in [-0.25, -0.2) is 23.9 Å². The summed E-state index contributed by atoms with van der Waals surface area (Å²) in [5.74, 6) is -0.0556. The Balaban J connectivity index is 1.10. The number of thioether (sulfide) groups is 1. The molecule has 3 unspecified atom stereocenters. The second-order valence-corrected chi connectivity index (χ2v) is 14.9. The van der Waals surface area contributed by atoms with E-state index in [0.29, 0.717) is 0 Å². The lowest BCUT2D eigenvalue weighted by molar-refractivity contribution is -0.194. The molecule has 3 saturated heterocycles. The lowest BCUT2D eigenvalue weighted by atomic mass is 9.97. The van der Waals surface area contributed by atoms with Crippen LogP contribution in [0, 0.1) is 0 Å². The van der Waals surface area contributed by atoms with Gasteiger partial charge in [-0.2, -0.15) is 4.98 Å². The van der Waals surface area contributed by atoms with Gasteiger partial charge in [0.25, 0.3) is 5.56 Å². The van der Waals surface area contributed by atoms with Gasteiger partial charge < -0.3 is 36.1 Å².